The Morgan fingerprint density at radius 1 is 0.633 bits per heavy atom. The van der Waals surface area contributed by atoms with Gasteiger partial charge in [0, 0.05) is 44.5 Å². The monoisotopic (exact) mass is 682 g/mol. The Morgan fingerprint density at radius 2 is 1.04 bits per heavy atom. The third kappa shape index (κ3) is 9.45. The van der Waals surface area contributed by atoms with Crippen LogP contribution in [0.3, 0.4) is 0 Å². The number of carbonyl (C=O) groups is 2. The zero-order valence-corrected chi connectivity index (χ0v) is 28.4. The predicted molar refractivity (Wildman–Crippen MR) is 190 cm³/mol. The molecule has 5 rings (SSSR count). The second-order valence-electron chi connectivity index (χ2n) is 11.7. The number of benzene rings is 4. The normalized spacial score (nSPS) is 13.2. The van der Waals surface area contributed by atoms with Crippen LogP contribution in [0.4, 0.5) is 0 Å². The van der Waals surface area contributed by atoms with E-state index in [9.17, 15) is 9.59 Å². The summed E-state index contributed by atoms with van der Waals surface area (Å²) in [6.07, 6.45) is 1.38. The molecule has 0 N–H and O–H groups in total. The Kier molecular flexibility index (Phi) is 12.0. The fourth-order valence-electron chi connectivity index (χ4n) is 5.17. The minimum Gasteiger partial charge on any atom is -0.490 e. The van der Waals surface area contributed by atoms with E-state index in [1.54, 1.807) is 13.8 Å². The summed E-state index contributed by atoms with van der Waals surface area (Å²) in [5.41, 5.74) is 2.29. The maximum atomic E-state index is 12.5. The minimum absolute atomic E-state index is 0.0135. The summed E-state index contributed by atoms with van der Waals surface area (Å²) in [7, 11) is 0. The second kappa shape index (κ2) is 16.8. The van der Waals surface area contributed by atoms with Crippen molar-refractivity contribution in [1.82, 2.24) is 0 Å². The number of ether oxygens (including phenoxy) is 6. The van der Waals surface area contributed by atoms with Gasteiger partial charge in [0.2, 0.25) is 0 Å². The maximum absolute atomic E-state index is 12.5. The van der Waals surface area contributed by atoms with E-state index in [1.807, 2.05) is 91.0 Å². The van der Waals surface area contributed by atoms with Gasteiger partial charge in [-0.15, -0.1) is 0 Å². The highest BCUT2D eigenvalue weighted by Gasteiger charge is 2.27. The molecule has 0 saturated carbocycles. The molecular formula is C40H39ClO8. The number of fused-ring (bicyclic) bond motifs is 2. The number of halogens is 1. The number of carbonyl (C=O) groups excluding carboxylic acids is 2. The summed E-state index contributed by atoms with van der Waals surface area (Å²) in [5.74, 6) is 1.45. The van der Waals surface area contributed by atoms with Gasteiger partial charge in [-0.05, 0) is 44.5 Å². The average Bonchev–Trinajstić information content (AvgIpc) is 3.11. The van der Waals surface area contributed by atoms with Crippen molar-refractivity contribution >= 4 is 34.3 Å². The van der Waals surface area contributed by atoms with Gasteiger partial charge in [0.15, 0.2) is 12.2 Å². The molecule has 0 radical (unpaired) electrons. The highest BCUT2D eigenvalue weighted by atomic mass is 35.5. The number of hydrogen-bond donors (Lipinski definition) is 0. The molecule has 0 aromatic heterocycles. The van der Waals surface area contributed by atoms with Crippen LogP contribution in [0.25, 0.3) is 10.8 Å². The lowest BCUT2D eigenvalue weighted by Crippen LogP contribution is -2.32. The van der Waals surface area contributed by atoms with E-state index in [0.717, 1.165) is 21.9 Å². The van der Waals surface area contributed by atoms with Gasteiger partial charge in [0.05, 0.1) is 0 Å². The van der Waals surface area contributed by atoms with E-state index in [4.69, 9.17) is 40.0 Å². The molecule has 254 valence electrons. The van der Waals surface area contributed by atoms with Crippen LogP contribution >= 0.6 is 11.6 Å². The van der Waals surface area contributed by atoms with E-state index < -0.39 is 24.1 Å². The van der Waals surface area contributed by atoms with Crippen molar-refractivity contribution in [3.05, 3.63) is 131 Å². The number of hydrogen-bond acceptors (Lipinski definition) is 8. The van der Waals surface area contributed by atoms with Crippen molar-refractivity contribution < 1.29 is 38.0 Å². The molecule has 0 aliphatic heterocycles. The zero-order chi connectivity index (χ0) is 34.8. The van der Waals surface area contributed by atoms with Gasteiger partial charge in [-0.25, -0.2) is 9.59 Å². The third-order valence-electron chi connectivity index (χ3n) is 7.63. The van der Waals surface area contributed by atoms with E-state index in [1.165, 1.54) is 0 Å². The summed E-state index contributed by atoms with van der Waals surface area (Å²) in [6, 6.07) is 26.3. The fourth-order valence-corrected chi connectivity index (χ4v) is 5.38. The summed E-state index contributed by atoms with van der Waals surface area (Å²) >= 11 is 6.60. The Balaban J connectivity index is 1.43. The molecule has 2 unspecified atom stereocenters. The van der Waals surface area contributed by atoms with Crippen molar-refractivity contribution in [3.63, 3.8) is 0 Å². The lowest BCUT2D eigenvalue weighted by Gasteiger charge is -2.27. The molecule has 8 nitrogen and oxygen atoms in total. The van der Waals surface area contributed by atoms with Crippen molar-refractivity contribution in [2.45, 2.75) is 38.9 Å². The molecule has 1 aliphatic carbocycles. The van der Waals surface area contributed by atoms with Crippen LogP contribution < -0.4 is 18.9 Å². The molecule has 0 fully saturated rings. The van der Waals surface area contributed by atoms with E-state index >= 15 is 0 Å². The zero-order valence-electron chi connectivity index (χ0n) is 27.6. The maximum Gasteiger partial charge on any atom is 0.333 e. The molecule has 4 aromatic rings. The standard InChI is InChI=1S/C40H39ClO8/c1-26(2)39(42)48-31(22-44-29-13-7-5-8-14-29)24-46-37-33-17-11-12-18-34(33)38(36-21-28(41)19-20-35(36)37)47-25-32(49-40(43)27(3)4)23-45-30-15-9-6-10-16-30/h5-19,31-32H,1,3,20-25H2,2,4H3. The van der Waals surface area contributed by atoms with Crippen LogP contribution in [-0.2, 0) is 31.9 Å². The van der Waals surface area contributed by atoms with Gasteiger partial charge in [-0.1, -0.05) is 91.5 Å². The molecule has 2 atom stereocenters. The van der Waals surface area contributed by atoms with Gasteiger partial charge in [0.1, 0.15) is 49.4 Å². The first-order valence-corrected chi connectivity index (χ1v) is 16.3. The summed E-state index contributed by atoms with van der Waals surface area (Å²) in [4.78, 5) is 25.1. The first-order chi connectivity index (χ1) is 23.7. The number of para-hydroxylation sites is 2. The smallest absolute Gasteiger partial charge is 0.333 e. The fraction of sp³-hybridized carbons (Fsp3) is 0.250. The summed E-state index contributed by atoms with van der Waals surface area (Å²) < 4.78 is 36.3. The van der Waals surface area contributed by atoms with E-state index in [0.29, 0.717) is 40.9 Å². The topological polar surface area (TPSA) is 89.5 Å². The highest BCUT2D eigenvalue weighted by Crippen LogP contribution is 2.44. The van der Waals surface area contributed by atoms with Gasteiger partial charge in [0.25, 0.3) is 0 Å². The lowest BCUT2D eigenvalue weighted by atomic mass is 9.90. The molecule has 49 heavy (non-hydrogen) atoms. The van der Waals surface area contributed by atoms with Crippen LogP contribution in [0.15, 0.2) is 120 Å². The number of allylic oxidation sites excluding steroid dienone is 2. The van der Waals surface area contributed by atoms with Crippen LogP contribution in [0.1, 0.15) is 25.0 Å². The molecule has 0 saturated heterocycles. The molecule has 0 heterocycles. The Bertz CT molecular complexity index is 1830. The predicted octanol–water partition coefficient (Wildman–Crippen LogP) is 7.95. The first-order valence-electron chi connectivity index (χ1n) is 15.9. The van der Waals surface area contributed by atoms with Crippen LogP contribution in [0.2, 0.25) is 0 Å². The van der Waals surface area contributed by atoms with Gasteiger partial charge < -0.3 is 28.4 Å². The first kappa shape index (κ1) is 35.1. The largest absolute Gasteiger partial charge is 0.490 e. The molecule has 9 heteroatoms. The number of esters is 2. The molecule has 1 aliphatic rings. The molecular weight excluding hydrogens is 644 g/mol. The van der Waals surface area contributed by atoms with Crippen molar-refractivity contribution in [2.75, 3.05) is 26.4 Å². The Labute approximate surface area is 291 Å². The molecule has 0 amide bonds. The van der Waals surface area contributed by atoms with Crippen LogP contribution in [-0.4, -0.2) is 50.6 Å². The summed E-state index contributed by atoms with van der Waals surface area (Å²) in [6.45, 7) is 10.8. The van der Waals surface area contributed by atoms with E-state index in [-0.39, 0.29) is 37.6 Å². The SMILES string of the molecule is C=C(C)C(=O)OC(COc1ccccc1)COc1c2c(c(OCC(COc3ccccc3)OC(=O)C(=C)C)c3ccccc13)CC(Cl)=CC2. The highest BCUT2D eigenvalue weighted by molar-refractivity contribution is 6.30. The molecule has 0 spiro atoms. The van der Waals surface area contributed by atoms with Gasteiger partial charge >= 0.3 is 11.9 Å². The number of rotatable bonds is 16. The van der Waals surface area contributed by atoms with Gasteiger partial charge in [-0.3, -0.25) is 0 Å². The van der Waals surface area contributed by atoms with Crippen molar-refractivity contribution in [2.24, 2.45) is 0 Å². The van der Waals surface area contributed by atoms with Crippen molar-refractivity contribution in [1.29, 1.82) is 0 Å². The quantitative estimate of drug-likeness (QED) is 0.0869. The van der Waals surface area contributed by atoms with Crippen molar-refractivity contribution in [3.8, 4) is 23.0 Å². The minimum atomic E-state index is -0.738. The third-order valence-corrected chi connectivity index (χ3v) is 7.92. The van der Waals surface area contributed by atoms with E-state index in [2.05, 4.69) is 13.2 Å². The van der Waals surface area contributed by atoms with Crippen LogP contribution in [0.5, 0.6) is 23.0 Å². The van der Waals surface area contributed by atoms with Crippen LogP contribution in [0, 0.1) is 0 Å². The molecule has 0 bridgehead atoms. The summed E-state index contributed by atoms with van der Waals surface area (Å²) in [5, 5.41) is 2.25. The average molecular weight is 683 g/mol. The Morgan fingerprint density at radius 3 is 1.49 bits per heavy atom. The lowest BCUT2D eigenvalue weighted by molar-refractivity contribution is -0.148. The van der Waals surface area contributed by atoms with Gasteiger partial charge in [-0.2, -0.15) is 0 Å². The Hall–Kier alpha value is -5.21. The second-order valence-corrected chi connectivity index (χ2v) is 12.2. The molecule has 4 aromatic carbocycles.